The molecule has 0 N–H and O–H groups in total. The summed E-state index contributed by atoms with van der Waals surface area (Å²) in [5.74, 6) is 0.938. The molecule has 0 saturated heterocycles. The van der Waals surface area contributed by atoms with Gasteiger partial charge in [0.2, 0.25) is 0 Å². The summed E-state index contributed by atoms with van der Waals surface area (Å²) in [5, 5.41) is 0. The average molecular weight is 168 g/mol. The molecule has 2 aliphatic carbocycles. The molecule has 2 rings (SSSR count). The smallest absolute Gasteiger partial charge is 0.316 e. The quantitative estimate of drug-likeness (QED) is 0.352. The number of hydrogen-bond acceptors (Lipinski definition) is 3. The second kappa shape index (κ2) is 2.88. The number of esters is 1. The molecule has 0 aromatic carbocycles. The fraction of sp³-hybridized carbons (Fsp3) is 0.778. The molecule has 3 heteroatoms. The Labute approximate surface area is 71.1 Å². The van der Waals surface area contributed by atoms with Crippen LogP contribution in [0.5, 0.6) is 0 Å². The van der Waals surface area contributed by atoms with E-state index in [0.717, 1.165) is 18.8 Å². The molecule has 2 saturated carbocycles. The van der Waals surface area contributed by atoms with Gasteiger partial charge >= 0.3 is 12.4 Å². The van der Waals surface area contributed by atoms with Crippen LogP contribution in [0.15, 0.2) is 0 Å². The summed E-state index contributed by atoms with van der Waals surface area (Å²) in [6.45, 7) is 0.244. The zero-order valence-electron chi connectivity index (χ0n) is 6.86. The van der Waals surface area contributed by atoms with Crippen molar-refractivity contribution in [2.24, 2.45) is 17.8 Å². The van der Waals surface area contributed by atoms with Gasteiger partial charge in [0.1, 0.15) is 0 Å². The van der Waals surface area contributed by atoms with Gasteiger partial charge in [-0.1, -0.05) is 6.42 Å². The molecule has 0 aliphatic heterocycles. The van der Waals surface area contributed by atoms with Crippen LogP contribution in [0, 0.1) is 17.8 Å². The minimum Gasteiger partial charge on any atom is -0.395 e. The van der Waals surface area contributed by atoms with Gasteiger partial charge in [-0.15, -0.1) is 0 Å². The molecular formula is C9H12O3. The lowest BCUT2D eigenvalue weighted by Crippen LogP contribution is -2.22. The van der Waals surface area contributed by atoms with Gasteiger partial charge in [0.05, 0.1) is 5.92 Å². The molecule has 3 nitrogen and oxygen atoms in total. The first-order valence-corrected chi connectivity index (χ1v) is 4.45. The maximum absolute atomic E-state index is 11.2. The van der Waals surface area contributed by atoms with Gasteiger partial charge in [-0.2, -0.15) is 0 Å². The Hall–Kier alpha value is -0.860. The average Bonchev–Trinajstić information content (AvgIpc) is 2.64. The van der Waals surface area contributed by atoms with Crippen LogP contribution >= 0.6 is 0 Å². The predicted octanol–water partition coefficient (Wildman–Crippen LogP) is 1.12. The van der Waals surface area contributed by atoms with E-state index >= 15 is 0 Å². The molecule has 12 heavy (non-hydrogen) atoms. The molecule has 0 amide bonds. The van der Waals surface area contributed by atoms with Crippen molar-refractivity contribution in [2.75, 3.05) is 0 Å². The summed E-state index contributed by atoms with van der Waals surface area (Å²) >= 11 is 0. The van der Waals surface area contributed by atoms with Crippen molar-refractivity contribution in [1.82, 2.24) is 0 Å². The maximum Gasteiger partial charge on any atom is 0.316 e. The molecule has 0 heterocycles. The highest BCUT2D eigenvalue weighted by atomic mass is 16.6. The minimum absolute atomic E-state index is 0.0222. The van der Waals surface area contributed by atoms with Crippen molar-refractivity contribution in [1.29, 1.82) is 0 Å². The maximum atomic E-state index is 11.2. The van der Waals surface area contributed by atoms with Crippen molar-refractivity contribution < 1.29 is 14.3 Å². The van der Waals surface area contributed by atoms with Crippen molar-refractivity contribution in [2.45, 2.75) is 25.7 Å². The van der Waals surface area contributed by atoms with Crippen molar-refractivity contribution >= 4 is 12.4 Å². The van der Waals surface area contributed by atoms with Gasteiger partial charge in [0, 0.05) is 0 Å². The Kier molecular flexibility index (Phi) is 1.87. The first kappa shape index (κ1) is 7.77. The number of hydrogen-bond donors (Lipinski definition) is 0. The van der Waals surface area contributed by atoms with Crippen LogP contribution in [0.2, 0.25) is 0 Å². The van der Waals surface area contributed by atoms with E-state index in [-0.39, 0.29) is 18.4 Å². The number of rotatable bonds is 2. The van der Waals surface area contributed by atoms with E-state index in [0.29, 0.717) is 5.92 Å². The number of carbonyl (C=O) groups excluding carboxylic acids is 2. The zero-order valence-corrected chi connectivity index (χ0v) is 6.86. The normalized spacial score (nSPS) is 38.2. The Balaban J connectivity index is 1.97. The lowest BCUT2D eigenvalue weighted by molar-refractivity contribution is -0.156. The predicted molar refractivity (Wildman–Crippen MR) is 41.1 cm³/mol. The molecule has 0 spiro atoms. The summed E-state index contributed by atoms with van der Waals surface area (Å²) in [4.78, 5) is 21.1. The van der Waals surface area contributed by atoms with Crippen LogP contribution in [0.1, 0.15) is 25.7 Å². The van der Waals surface area contributed by atoms with E-state index in [9.17, 15) is 9.59 Å². The third-order valence-electron chi connectivity index (χ3n) is 3.21. The summed E-state index contributed by atoms with van der Waals surface area (Å²) in [5.41, 5.74) is 0. The van der Waals surface area contributed by atoms with Gasteiger partial charge < -0.3 is 4.74 Å². The Bertz CT molecular complexity index is 212. The van der Waals surface area contributed by atoms with Crippen LogP contribution in [0.25, 0.3) is 0 Å². The highest BCUT2D eigenvalue weighted by molar-refractivity contribution is 5.79. The SMILES string of the molecule is O=COC(=O)C1CC2CCC1C2. The fourth-order valence-corrected chi connectivity index (χ4v) is 2.67. The first-order chi connectivity index (χ1) is 5.81. The van der Waals surface area contributed by atoms with Gasteiger partial charge in [-0.25, -0.2) is 0 Å². The van der Waals surface area contributed by atoms with Gasteiger partial charge in [-0.3, -0.25) is 9.59 Å². The highest BCUT2D eigenvalue weighted by Gasteiger charge is 2.43. The number of fused-ring (bicyclic) bond motifs is 2. The molecule has 2 aliphatic rings. The monoisotopic (exact) mass is 168 g/mol. The number of carbonyl (C=O) groups is 2. The molecular weight excluding hydrogens is 156 g/mol. The van der Waals surface area contributed by atoms with E-state index < -0.39 is 0 Å². The van der Waals surface area contributed by atoms with E-state index in [4.69, 9.17) is 0 Å². The number of ether oxygens (including phenoxy) is 1. The summed E-state index contributed by atoms with van der Waals surface area (Å²) in [7, 11) is 0. The zero-order chi connectivity index (χ0) is 8.55. The van der Waals surface area contributed by atoms with Crippen LogP contribution in [-0.4, -0.2) is 12.4 Å². The topological polar surface area (TPSA) is 43.4 Å². The first-order valence-electron chi connectivity index (χ1n) is 4.45. The molecule has 0 radical (unpaired) electrons. The van der Waals surface area contributed by atoms with Gasteiger partial charge in [0.25, 0.3) is 0 Å². The van der Waals surface area contributed by atoms with E-state index in [2.05, 4.69) is 4.74 Å². The van der Waals surface area contributed by atoms with E-state index in [1.165, 1.54) is 12.8 Å². The lowest BCUT2D eigenvalue weighted by Gasteiger charge is -2.17. The van der Waals surface area contributed by atoms with Gasteiger partial charge in [0.15, 0.2) is 0 Å². The van der Waals surface area contributed by atoms with Crippen molar-refractivity contribution in [3.63, 3.8) is 0 Å². The fourth-order valence-electron chi connectivity index (χ4n) is 2.67. The van der Waals surface area contributed by atoms with Crippen LogP contribution in [0.3, 0.4) is 0 Å². The highest BCUT2D eigenvalue weighted by Crippen LogP contribution is 2.48. The minimum atomic E-state index is -0.308. The van der Waals surface area contributed by atoms with E-state index in [1.54, 1.807) is 0 Å². The Morgan fingerprint density at radius 3 is 2.67 bits per heavy atom. The second-order valence-corrected chi connectivity index (χ2v) is 3.81. The van der Waals surface area contributed by atoms with Crippen molar-refractivity contribution in [3.05, 3.63) is 0 Å². The molecule has 0 aromatic heterocycles. The Morgan fingerprint density at radius 2 is 2.17 bits per heavy atom. The van der Waals surface area contributed by atoms with Crippen LogP contribution < -0.4 is 0 Å². The molecule has 2 fully saturated rings. The Morgan fingerprint density at radius 1 is 1.33 bits per heavy atom. The van der Waals surface area contributed by atoms with Crippen LogP contribution in [-0.2, 0) is 14.3 Å². The van der Waals surface area contributed by atoms with Crippen LogP contribution in [0.4, 0.5) is 0 Å². The molecule has 66 valence electrons. The standard InChI is InChI=1S/C9H12O3/c10-5-12-9(11)8-4-6-1-2-7(8)3-6/h5-8H,1-4H2. The summed E-state index contributed by atoms with van der Waals surface area (Å²) < 4.78 is 4.36. The summed E-state index contributed by atoms with van der Waals surface area (Å²) in [6.07, 6.45) is 4.51. The van der Waals surface area contributed by atoms with E-state index in [1.807, 2.05) is 0 Å². The third-order valence-corrected chi connectivity index (χ3v) is 3.21. The van der Waals surface area contributed by atoms with Crippen molar-refractivity contribution in [3.8, 4) is 0 Å². The largest absolute Gasteiger partial charge is 0.395 e. The third kappa shape index (κ3) is 1.13. The molecule has 3 unspecified atom stereocenters. The lowest BCUT2D eigenvalue weighted by atomic mass is 9.89. The molecule has 3 atom stereocenters. The molecule has 0 aromatic rings. The summed E-state index contributed by atoms with van der Waals surface area (Å²) in [6, 6.07) is 0. The second-order valence-electron chi connectivity index (χ2n) is 3.81. The molecule has 2 bridgehead atoms. The van der Waals surface area contributed by atoms with Gasteiger partial charge in [-0.05, 0) is 31.1 Å².